The molecule has 1 atom stereocenters. The Morgan fingerprint density at radius 3 is 2.93 bits per heavy atom. The minimum Gasteiger partial charge on any atom is -0.544 e. The van der Waals surface area contributed by atoms with Crippen molar-refractivity contribution in [1.82, 2.24) is 0 Å². The van der Waals surface area contributed by atoms with Crippen LogP contribution in [-0.4, -0.2) is 19.1 Å². The highest BCUT2D eigenvalue weighted by Crippen LogP contribution is 2.05. The lowest BCUT2D eigenvalue weighted by atomic mass is 10.3. The van der Waals surface area contributed by atoms with Gasteiger partial charge in [0.15, 0.2) is 0 Å². The van der Waals surface area contributed by atoms with Crippen LogP contribution in [0.25, 0.3) is 0 Å². The number of hydrogen-bond acceptors (Lipinski definition) is 3. The second kappa shape index (κ2) is 5.78. The first-order chi connectivity index (χ1) is 6.72. The zero-order valence-corrected chi connectivity index (χ0v) is 9.10. The maximum atomic E-state index is 10.5. The van der Waals surface area contributed by atoms with Gasteiger partial charge in [0.05, 0.1) is 17.4 Å². The van der Waals surface area contributed by atoms with Crippen molar-refractivity contribution in [3.05, 3.63) is 22.4 Å². The molecule has 0 fully saturated rings. The molecule has 1 aromatic rings. The molecule has 0 aliphatic rings. The maximum Gasteiger partial charge on any atom is 0.118 e. The predicted octanol–water partition coefficient (Wildman–Crippen LogP) is -0.707. The highest BCUT2D eigenvalue weighted by molar-refractivity contribution is 7.09. The highest BCUT2D eigenvalue weighted by Gasteiger charge is 2.08. The standard InChI is InChI=1S/C10H15NO2S/c1-2-5-11(8-10(12)13)7-9-4-3-6-14-9/h3-4,6H,2,5,7-8H2,1H3,(H,12,13). The van der Waals surface area contributed by atoms with Crippen LogP contribution in [0.3, 0.4) is 0 Å². The summed E-state index contributed by atoms with van der Waals surface area (Å²) in [4.78, 5) is 12.8. The number of hydrogen-bond donors (Lipinski definition) is 1. The molecule has 4 heteroatoms. The molecule has 0 aliphatic carbocycles. The van der Waals surface area contributed by atoms with E-state index in [1.165, 1.54) is 4.88 Å². The number of quaternary nitrogens is 1. The number of aliphatic carboxylic acids is 1. The fourth-order valence-corrected chi connectivity index (χ4v) is 2.23. The first kappa shape index (κ1) is 11.2. The Balaban J connectivity index is 2.46. The molecular formula is C10H15NO2S. The van der Waals surface area contributed by atoms with Crippen LogP contribution in [0.15, 0.2) is 17.5 Å². The molecule has 0 spiro atoms. The van der Waals surface area contributed by atoms with Gasteiger partial charge in [0.2, 0.25) is 0 Å². The van der Waals surface area contributed by atoms with Crippen molar-refractivity contribution < 1.29 is 14.8 Å². The number of carbonyl (C=O) groups excluding carboxylic acids is 1. The Bertz CT molecular complexity index is 272. The summed E-state index contributed by atoms with van der Waals surface area (Å²) in [5, 5.41) is 12.5. The van der Waals surface area contributed by atoms with Crippen LogP contribution in [0.4, 0.5) is 0 Å². The Labute approximate surface area is 88.0 Å². The van der Waals surface area contributed by atoms with Gasteiger partial charge in [-0.25, -0.2) is 0 Å². The van der Waals surface area contributed by atoms with Crippen LogP contribution in [0.1, 0.15) is 18.2 Å². The zero-order valence-electron chi connectivity index (χ0n) is 8.29. The normalized spacial score (nSPS) is 12.6. The van der Waals surface area contributed by atoms with Gasteiger partial charge in [-0.05, 0) is 17.9 Å². The summed E-state index contributed by atoms with van der Waals surface area (Å²) in [6.07, 6.45) is 0.994. The summed E-state index contributed by atoms with van der Waals surface area (Å²) in [5.41, 5.74) is 0. The molecule has 0 amide bonds. The van der Waals surface area contributed by atoms with Crippen molar-refractivity contribution in [2.75, 3.05) is 13.1 Å². The summed E-state index contributed by atoms with van der Waals surface area (Å²) in [6, 6.07) is 4.03. The van der Waals surface area contributed by atoms with Crippen LogP contribution < -0.4 is 10.0 Å². The van der Waals surface area contributed by atoms with E-state index in [1.807, 2.05) is 17.5 Å². The molecule has 1 rings (SSSR count). The van der Waals surface area contributed by atoms with E-state index in [9.17, 15) is 9.90 Å². The molecule has 0 aliphatic heterocycles. The molecule has 78 valence electrons. The average molecular weight is 213 g/mol. The maximum absolute atomic E-state index is 10.5. The molecule has 0 aromatic carbocycles. The van der Waals surface area contributed by atoms with E-state index in [0.717, 1.165) is 24.4 Å². The Morgan fingerprint density at radius 2 is 2.43 bits per heavy atom. The Kier molecular flexibility index (Phi) is 4.62. The first-order valence-electron chi connectivity index (χ1n) is 4.78. The lowest BCUT2D eigenvalue weighted by Crippen LogP contribution is -3.12. The van der Waals surface area contributed by atoms with Crippen LogP contribution in [0.5, 0.6) is 0 Å². The molecule has 1 unspecified atom stereocenters. The molecule has 3 nitrogen and oxygen atoms in total. The fourth-order valence-electron chi connectivity index (χ4n) is 1.46. The van der Waals surface area contributed by atoms with Gasteiger partial charge in [0.1, 0.15) is 13.1 Å². The molecule has 0 saturated heterocycles. The van der Waals surface area contributed by atoms with Crippen molar-refractivity contribution in [1.29, 1.82) is 0 Å². The van der Waals surface area contributed by atoms with Gasteiger partial charge in [0, 0.05) is 0 Å². The van der Waals surface area contributed by atoms with Crippen molar-refractivity contribution in [2.24, 2.45) is 0 Å². The van der Waals surface area contributed by atoms with E-state index in [4.69, 9.17) is 0 Å². The molecule has 0 bridgehead atoms. The lowest BCUT2D eigenvalue weighted by Gasteiger charge is -2.18. The van der Waals surface area contributed by atoms with Crippen molar-refractivity contribution in [2.45, 2.75) is 19.9 Å². The van der Waals surface area contributed by atoms with E-state index in [-0.39, 0.29) is 6.54 Å². The third-order valence-corrected chi connectivity index (χ3v) is 2.88. The minimum atomic E-state index is -0.968. The zero-order chi connectivity index (χ0) is 10.4. The van der Waals surface area contributed by atoms with E-state index in [2.05, 4.69) is 6.92 Å². The molecular weight excluding hydrogens is 198 g/mol. The predicted molar refractivity (Wildman–Crippen MR) is 54.0 cm³/mol. The average Bonchev–Trinajstić information content (AvgIpc) is 2.56. The van der Waals surface area contributed by atoms with Crippen LogP contribution in [0, 0.1) is 0 Å². The molecule has 0 radical (unpaired) electrons. The molecule has 1 N–H and O–H groups in total. The van der Waals surface area contributed by atoms with Gasteiger partial charge in [0.25, 0.3) is 0 Å². The molecule has 1 heterocycles. The number of rotatable bonds is 6. The van der Waals surface area contributed by atoms with E-state index < -0.39 is 5.97 Å². The number of thiophene rings is 1. The van der Waals surface area contributed by atoms with Gasteiger partial charge in [-0.1, -0.05) is 13.0 Å². The van der Waals surface area contributed by atoms with E-state index >= 15 is 0 Å². The Morgan fingerprint density at radius 1 is 1.64 bits per heavy atom. The summed E-state index contributed by atoms with van der Waals surface area (Å²) in [7, 11) is 0. The van der Waals surface area contributed by atoms with E-state index in [0.29, 0.717) is 0 Å². The summed E-state index contributed by atoms with van der Waals surface area (Å²) >= 11 is 1.67. The minimum absolute atomic E-state index is 0.103. The largest absolute Gasteiger partial charge is 0.544 e. The smallest absolute Gasteiger partial charge is 0.118 e. The summed E-state index contributed by atoms with van der Waals surface area (Å²) in [5.74, 6) is -0.968. The van der Waals surface area contributed by atoms with Gasteiger partial charge >= 0.3 is 0 Å². The van der Waals surface area contributed by atoms with Crippen LogP contribution in [0.2, 0.25) is 0 Å². The van der Waals surface area contributed by atoms with Crippen molar-refractivity contribution in [3.8, 4) is 0 Å². The molecule has 0 saturated carbocycles. The first-order valence-corrected chi connectivity index (χ1v) is 5.66. The number of carbonyl (C=O) groups is 1. The van der Waals surface area contributed by atoms with E-state index in [1.54, 1.807) is 11.3 Å². The molecule has 14 heavy (non-hydrogen) atoms. The number of nitrogens with one attached hydrogen (secondary N) is 1. The monoisotopic (exact) mass is 213 g/mol. The van der Waals surface area contributed by atoms with Gasteiger partial charge in [-0.15, -0.1) is 11.3 Å². The topological polar surface area (TPSA) is 44.6 Å². The lowest BCUT2D eigenvalue weighted by molar-refractivity contribution is -0.908. The second-order valence-corrected chi connectivity index (χ2v) is 4.34. The van der Waals surface area contributed by atoms with Gasteiger partial charge in [-0.2, -0.15) is 0 Å². The van der Waals surface area contributed by atoms with Crippen molar-refractivity contribution >= 4 is 17.3 Å². The van der Waals surface area contributed by atoms with Crippen molar-refractivity contribution in [3.63, 3.8) is 0 Å². The quantitative estimate of drug-likeness (QED) is 0.678. The summed E-state index contributed by atoms with van der Waals surface area (Å²) < 4.78 is 0. The molecule has 1 aromatic heterocycles. The Hall–Kier alpha value is -0.870. The van der Waals surface area contributed by atoms with Gasteiger partial charge < -0.3 is 14.8 Å². The highest BCUT2D eigenvalue weighted by atomic mass is 32.1. The van der Waals surface area contributed by atoms with Gasteiger partial charge in [-0.3, -0.25) is 0 Å². The SMILES string of the molecule is CCC[NH+](CC(=O)[O-])Cc1cccs1. The number of carboxylic acids is 1. The van der Waals surface area contributed by atoms with Crippen LogP contribution in [-0.2, 0) is 11.3 Å². The number of carboxylic acid groups (broad SMARTS) is 1. The second-order valence-electron chi connectivity index (χ2n) is 3.30. The van der Waals surface area contributed by atoms with Crippen LogP contribution >= 0.6 is 11.3 Å². The third-order valence-electron chi connectivity index (χ3n) is 2.00. The summed E-state index contributed by atoms with van der Waals surface area (Å²) in [6.45, 7) is 3.83. The fraction of sp³-hybridized carbons (Fsp3) is 0.500. The third kappa shape index (κ3) is 3.89.